The van der Waals surface area contributed by atoms with Crippen LogP contribution in [0.25, 0.3) is 22.5 Å². The Morgan fingerprint density at radius 1 is 0.927 bits per heavy atom. The highest BCUT2D eigenvalue weighted by atomic mass is 16.5. The molecule has 1 saturated heterocycles. The van der Waals surface area contributed by atoms with Gasteiger partial charge < -0.3 is 15.4 Å². The molecule has 0 radical (unpaired) electrons. The second-order valence-electron chi connectivity index (χ2n) is 9.85. The Morgan fingerprint density at radius 3 is 2.59 bits per heavy atom. The molecule has 0 saturated carbocycles. The Hall–Kier alpha value is -4.86. The van der Waals surface area contributed by atoms with Crippen molar-refractivity contribution in [3.63, 3.8) is 0 Å². The number of rotatable bonds is 9. The molecule has 9 nitrogen and oxygen atoms in total. The van der Waals surface area contributed by atoms with Crippen LogP contribution in [0, 0.1) is 0 Å². The van der Waals surface area contributed by atoms with Gasteiger partial charge in [0, 0.05) is 53.9 Å². The lowest BCUT2D eigenvalue weighted by molar-refractivity contribution is 0.0384. The van der Waals surface area contributed by atoms with Gasteiger partial charge in [-0.2, -0.15) is 5.10 Å². The second kappa shape index (κ2) is 12.5. The number of H-pyrrole nitrogens is 1. The highest BCUT2D eigenvalue weighted by Gasteiger charge is 2.14. The molecule has 3 N–H and O–H groups in total. The monoisotopic (exact) mass is 545 g/mol. The molecule has 0 spiro atoms. The lowest BCUT2D eigenvalue weighted by Gasteiger charge is -2.26. The van der Waals surface area contributed by atoms with Gasteiger partial charge in [0.05, 0.1) is 30.8 Å². The zero-order chi connectivity index (χ0) is 27.9. The average Bonchev–Trinajstić information content (AvgIpc) is 3.52. The van der Waals surface area contributed by atoms with Gasteiger partial charge in [-0.05, 0) is 54.4 Å². The molecule has 0 unspecified atom stereocenters. The molecule has 1 amide bonds. The number of ether oxygens (including phenoxy) is 1. The minimum absolute atomic E-state index is 0.149. The molecule has 5 aromatic rings. The SMILES string of the molecule is O=C(Nc1ccc(-c2[nH]ncc2-c2ccnc(Nc3cccc(CCN4CCOCC4)c3)n2)cc1)c1ccccc1. The first kappa shape index (κ1) is 26.4. The molecule has 1 fully saturated rings. The molecule has 3 aromatic carbocycles. The summed E-state index contributed by atoms with van der Waals surface area (Å²) in [5.74, 6) is 0.364. The fourth-order valence-electron chi connectivity index (χ4n) is 4.83. The van der Waals surface area contributed by atoms with Gasteiger partial charge in [-0.3, -0.25) is 14.8 Å². The molecule has 1 aliphatic rings. The van der Waals surface area contributed by atoms with Gasteiger partial charge in [0.2, 0.25) is 5.95 Å². The summed E-state index contributed by atoms with van der Waals surface area (Å²) in [5.41, 5.74) is 6.90. The molecule has 0 atom stereocenters. The third kappa shape index (κ3) is 6.66. The number of hydrogen-bond donors (Lipinski definition) is 3. The van der Waals surface area contributed by atoms with E-state index in [0.717, 1.165) is 67.5 Å². The Labute approximate surface area is 238 Å². The zero-order valence-electron chi connectivity index (χ0n) is 22.6. The predicted octanol–water partition coefficient (Wildman–Crippen LogP) is 5.40. The van der Waals surface area contributed by atoms with Crippen molar-refractivity contribution < 1.29 is 9.53 Å². The van der Waals surface area contributed by atoms with Gasteiger partial charge in [0.1, 0.15) is 0 Å². The van der Waals surface area contributed by atoms with E-state index in [1.807, 2.05) is 54.6 Å². The highest BCUT2D eigenvalue weighted by molar-refractivity contribution is 6.04. The van der Waals surface area contributed by atoms with E-state index in [0.29, 0.717) is 17.2 Å². The van der Waals surface area contributed by atoms with E-state index < -0.39 is 0 Å². The standard InChI is InChI=1S/C32H31N7O2/c40-31(25-6-2-1-3-7-25)35-26-11-9-24(10-12-26)30-28(22-34-38-30)29-13-15-33-32(37-29)36-27-8-4-5-23(21-27)14-16-39-17-19-41-20-18-39/h1-13,15,21-22H,14,16-20H2,(H,34,38)(H,35,40)(H,33,36,37). The largest absolute Gasteiger partial charge is 0.379 e. The van der Waals surface area contributed by atoms with E-state index in [1.54, 1.807) is 24.5 Å². The van der Waals surface area contributed by atoms with Crippen LogP contribution in [-0.4, -0.2) is 63.8 Å². The van der Waals surface area contributed by atoms with E-state index in [4.69, 9.17) is 9.72 Å². The van der Waals surface area contributed by atoms with Gasteiger partial charge in [0.15, 0.2) is 0 Å². The minimum Gasteiger partial charge on any atom is -0.379 e. The van der Waals surface area contributed by atoms with Gasteiger partial charge in [0.25, 0.3) is 5.91 Å². The number of morpholine rings is 1. The van der Waals surface area contributed by atoms with Crippen LogP contribution < -0.4 is 10.6 Å². The smallest absolute Gasteiger partial charge is 0.255 e. The molecule has 6 rings (SSSR count). The normalized spacial score (nSPS) is 13.6. The van der Waals surface area contributed by atoms with Crippen molar-refractivity contribution in [1.29, 1.82) is 0 Å². The summed E-state index contributed by atoms with van der Waals surface area (Å²) in [7, 11) is 0. The number of anilines is 3. The fourth-order valence-corrected chi connectivity index (χ4v) is 4.83. The van der Waals surface area contributed by atoms with Gasteiger partial charge in [-0.25, -0.2) is 9.97 Å². The summed E-state index contributed by atoms with van der Waals surface area (Å²) < 4.78 is 5.45. The number of amides is 1. The number of hydrogen-bond acceptors (Lipinski definition) is 7. The van der Waals surface area contributed by atoms with Crippen molar-refractivity contribution in [3.05, 3.63) is 108 Å². The third-order valence-corrected chi connectivity index (χ3v) is 7.04. The maximum absolute atomic E-state index is 12.5. The fraction of sp³-hybridized carbons (Fsp3) is 0.188. The third-order valence-electron chi connectivity index (χ3n) is 7.04. The van der Waals surface area contributed by atoms with Crippen LogP contribution >= 0.6 is 0 Å². The van der Waals surface area contributed by atoms with Gasteiger partial charge in [-0.15, -0.1) is 0 Å². The number of carbonyl (C=O) groups is 1. The van der Waals surface area contributed by atoms with Crippen molar-refractivity contribution in [2.45, 2.75) is 6.42 Å². The molecule has 206 valence electrons. The van der Waals surface area contributed by atoms with E-state index in [9.17, 15) is 4.79 Å². The number of aromatic amines is 1. The number of nitrogens with zero attached hydrogens (tertiary/aromatic N) is 4. The summed E-state index contributed by atoms with van der Waals surface area (Å²) in [6, 6.07) is 27.0. The molecule has 9 heteroatoms. The lowest BCUT2D eigenvalue weighted by Crippen LogP contribution is -2.37. The maximum atomic E-state index is 12.5. The summed E-state index contributed by atoms with van der Waals surface area (Å²) in [5, 5.41) is 13.7. The first-order chi connectivity index (χ1) is 20.2. The Morgan fingerprint density at radius 2 is 1.76 bits per heavy atom. The first-order valence-corrected chi connectivity index (χ1v) is 13.7. The molecule has 0 aliphatic carbocycles. The molecule has 2 aromatic heterocycles. The summed E-state index contributed by atoms with van der Waals surface area (Å²) in [6.45, 7) is 4.62. The topological polar surface area (TPSA) is 108 Å². The van der Waals surface area contributed by atoms with Crippen molar-refractivity contribution in [1.82, 2.24) is 25.1 Å². The van der Waals surface area contributed by atoms with E-state index in [2.05, 4.69) is 48.9 Å². The van der Waals surface area contributed by atoms with Crippen LogP contribution in [-0.2, 0) is 11.2 Å². The average molecular weight is 546 g/mol. The summed E-state index contributed by atoms with van der Waals surface area (Å²) in [4.78, 5) is 24.2. The van der Waals surface area contributed by atoms with E-state index in [1.165, 1.54) is 5.56 Å². The zero-order valence-corrected chi connectivity index (χ0v) is 22.6. The van der Waals surface area contributed by atoms with Crippen molar-refractivity contribution >= 4 is 23.2 Å². The van der Waals surface area contributed by atoms with Gasteiger partial charge in [-0.1, -0.05) is 42.5 Å². The minimum atomic E-state index is -0.149. The maximum Gasteiger partial charge on any atom is 0.255 e. The molecular formula is C32H31N7O2. The van der Waals surface area contributed by atoms with Crippen LogP contribution in [0.15, 0.2) is 97.3 Å². The summed E-state index contributed by atoms with van der Waals surface area (Å²) >= 11 is 0. The van der Waals surface area contributed by atoms with Crippen LogP contribution in [0.2, 0.25) is 0 Å². The molecule has 0 bridgehead atoms. The Balaban J connectivity index is 1.13. The van der Waals surface area contributed by atoms with Crippen LogP contribution in [0.5, 0.6) is 0 Å². The number of carbonyl (C=O) groups excluding carboxylic acids is 1. The Bertz CT molecular complexity index is 1600. The predicted molar refractivity (Wildman–Crippen MR) is 160 cm³/mol. The molecule has 1 aliphatic heterocycles. The van der Waals surface area contributed by atoms with Crippen LogP contribution in [0.4, 0.5) is 17.3 Å². The van der Waals surface area contributed by atoms with E-state index >= 15 is 0 Å². The van der Waals surface area contributed by atoms with Crippen molar-refractivity contribution in [3.8, 4) is 22.5 Å². The summed E-state index contributed by atoms with van der Waals surface area (Å²) in [6.07, 6.45) is 4.48. The van der Waals surface area contributed by atoms with Crippen LogP contribution in [0.1, 0.15) is 15.9 Å². The van der Waals surface area contributed by atoms with E-state index in [-0.39, 0.29) is 5.91 Å². The number of aromatic nitrogens is 4. The molecule has 41 heavy (non-hydrogen) atoms. The lowest BCUT2D eigenvalue weighted by atomic mass is 10.1. The second-order valence-corrected chi connectivity index (χ2v) is 9.85. The van der Waals surface area contributed by atoms with Crippen molar-refractivity contribution in [2.75, 3.05) is 43.5 Å². The van der Waals surface area contributed by atoms with Crippen molar-refractivity contribution in [2.24, 2.45) is 0 Å². The number of benzene rings is 3. The first-order valence-electron chi connectivity index (χ1n) is 13.7. The number of nitrogens with one attached hydrogen (secondary N) is 3. The van der Waals surface area contributed by atoms with Gasteiger partial charge >= 0.3 is 0 Å². The quantitative estimate of drug-likeness (QED) is 0.227. The Kier molecular flexibility index (Phi) is 8.07. The molecule has 3 heterocycles. The highest BCUT2D eigenvalue weighted by Crippen LogP contribution is 2.30. The molecular weight excluding hydrogens is 514 g/mol. The van der Waals surface area contributed by atoms with Crippen LogP contribution in [0.3, 0.4) is 0 Å².